The molecule has 0 bridgehead atoms. The highest BCUT2D eigenvalue weighted by molar-refractivity contribution is 6.00. The van der Waals surface area contributed by atoms with Crippen molar-refractivity contribution in [2.24, 2.45) is 5.92 Å². The number of carbonyl (C=O) groups excluding carboxylic acids is 2. The molecule has 1 unspecified atom stereocenters. The van der Waals surface area contributed by atoms with Gasteiger partial charge in [0, 0.05) is 18.8 Å². The fourth-order valence-corrected chi connectivity index (χ4v) is 3.75. The third-order valence-electron chi connectivity index (χ3n) is 5.44. The van der Waals surface area contributed by atoms with Gasteiger partial charge in [-0.25, -0.2) is 4.79 Å². The van der Waals surface area contributed by atoms with Gasteiger partial charge in [0.25, 0.3) is 0 Å². The second-order valence-electron chi connectivity index (χ2n) is 7.24. The molecule has 0 aromatic heterocycles. The van der Waals surface area contributed by atoms with E-state index in [1.54, 1.807) is 11.9 Å². The molecule has 2 aliphatic rings. The van der Waals surface area contributed by atoms with Crippen molar-refractivity contribution >= 4 is 23.6 Å². The van der Waals surface area contributed by atoms with E-state index >= 15 is 0 Å². The second kappa shape index (κ2) is 7.35. The molecule has 1 aliphatic heterocycles. The molecule has 7 nitrogen and oxygen atoms in total. The highest BCUT2D eigenvalue weighted by Crippen LogP contribution is 2.30. The highest BCUT2D eigenvalue weighted by Gasteiger charge is 2.27. The summed E-state index contributed by atoms with van der Waals surface area (Å²) >= 11 is 0. The molecule has 1 fully saturated rings. The SMILES string of the molecule is CC(NC(=O)NC1CCC(C(=O)O)CC1)c1ccc2c(c1)CC(=O)N2C. The molecule has 1 atom stereocenters. The van der Waals surface area contributed by atoms with Gasteiger partial charge in [-0.05, 0) is 49.8 Å². The van der Waals surface area contributed by atoms with Crippen LogP contribution in [0.2, 0.25) is 0 Å². The quantitative estimate of drug-likeness (QED) is 0.767. The zero-order valence-corrected chi connectivity index (χ0v) is 15.1. The van der Waals surface area contributed by atoms with Crippen LogP contribution in [0.5, 0.6) is 0 Å². The van der Waals surface area contributed by atoms with Crippen molar-refractivity contribution in [1.82, 2.24) is 10.6 Å². The summed E-state index contributed by atoms with van der Waals surface area (Å²) in [7, 11) is 1.77. The standard InChI is InChI=1S/C19H25N3O4/c1-11(13-5-8-16-14(9-13)10-17(23)22(16)2)20-19(26)21-15-6-3-12(4-7-15)18(24)25/h5,8-9,11-12,15H,3-4,6-7,10H2,1-2H3,(H,24,25)(H2,20,21,26). The zero-order valence-electron chi connectivity index (χ0n) is 15.1. The van der Waals surface area contributed by atoms with Crippen LogP contribution in [-0.4, -0.2) is 36.1 Å². The molecular formula is C19H25N3O4. The maximum Gasteiger partial charge on any atom is 0.315 e. The van der Waals surface area contributed by atoms with Crippen molar-refractivity contribution in [2.75, 3.05) is 11.9 Å². The average molecular weight is 359 g/mol. The average Bonchev–Trinajstić information content (AvgIpc) is 2.89. The van der Waals surface area contributed by atoms with Gasteiger partial charge in [0.1, 0.15) is 0 Å². The van der Waals surface area contributed by atoms with Gasteiger partial charge in [-0.3, -0.25) is 9.59 Å². The van der Waals surface area contributed by atoms with E-state index in [0.717, 1.165) is 16.8 Å². The predicted octanol–water partition coefficient (Wildman–Crippen LogP) is 2.21. The molecule has 0 spiro atoms. The van der Waals surface area contributed by atoms with Crippen LogP contribution in [0, 0.1) is 5.92 Å². The van der Waals surface area contributed by atoms with Gasteiger partial charge in [-0.15, -0.1) is 0 Å². The molecule has 1 aromatic carbocycles. The molecule has 1 aromatic rings. The number of urea groups is 1. The number of nitrogens with one attached hydrogen (secondary N) is 2. The van der Waals surface area contributed by atoms with Gasteiger partial charge in [-0.2, -0.15) is 0 Å². The minimum atomic E-state index is -0.748. The molecule has 1 aliphatic carbocycles. The zero-order chi connectivity index (χ0) is 18.8. The maximum atomic E-state index is 12.2. The molecule has 140 valence electrons. The molecule has 3 N–H and O–H groups in total. The van der Waals surface area contributed by atoms with Crippen LogP contribution < -0.4 is 15.5 Å². The minimum absolute atomic E-state index is 0.0177. The largest absolute Gasteiger partial charge is 0.481 e. The Balaban J connectivity index is 1.53. The van der Waals surface area contributed by atoms with Gasteiger partial charge < -0.3 is 20.6 Å². The topological polar surface area (TPSA) is 98.7 Å². The number of carbonyl (C=O) groups is 3. The monoisotopic (exact) mass is 359 g/mol. The fraction of sp³-hybridized carbons (Fsp3) is 0.526. The number of hydrogen-bond donors (Lipinski definition) is 3. The van der Waals surface area contributed by atoms with Crippen molar-refractivity contribution in [3.8, 4) is 0 Å². The number of carboxylic acid groups (broad SMARTS) is 1. The first-order valence-corrected chi connectivity index (χ1v) is 9.04. The molecule has 3 amide bonds. The minimum Gasteiger partial charge on any atom is -0.481 e. The van der Waals surface area contributed by atoms with Crippen LogP contribution >= 0.6 is 0 Å². The van der Waals surface area contributed by atoms with Crippen molar-refractivity contribution in [2.45, 2.75) is 51.1 Å². The number of hydrogen-bond acceptors (Lipinski definition) is 3. The molecular weight excluding hydrogens is 334 g/mol. The number of anilines is 1. The Labute approximate surface area is 152 Å². The van der Waals surface area contributed by atoms with E-state index in [1.165, 1.54) is 0 Å². The van der Waals surface area contributed by atoms with E-state index in [9.17, 15) is 14.4 Å². The molecule has 0 saturated heterocycles. The number of amides is 3. The smallest absolute Gasteiger partial charge is 0.315 e. The number of likely N-dealkylation sites (N-methyl/N-ethyl adjacent to an activating group) is 1. The summed E-state index contributed by atoms with van der Waals surface area (Å²) in [6.45, 7) is 1.91. The number of aliphatic carboxylic acids is 1. The normalized spacial score (nSPS) is 23.3. The summed E-state index contributed by atoms with van der Waals surface area (Å²) in [6.07, 6.45) is 2.97. The van der Waals surface area contributed by atoms with E-state index in [-0.39, 0.29) is 29.9 Å². The number of carboxylic acids is 1. The first kappa shape index (κ1) is 18.2. The summed E-state index contributed by atoms with van der Waals surface area (Å²) in [5.41, 5.74) is 2.86. The predicted molar refractivity (Wildman–Crippen MR) is 97.0 cm³/mol. The Morgan fingerprint density at radius 2 is 1.92 bits per heavy atom. The lowest BCUT2D eigenvalue weighted by atomic mass is 9.86. The molecule has 1 heterocycles. The molecule has 1 saturated carbocycles. The van der Waals surface area contributed by atoms with Crippen LogP contribution in [-0.2, 0) is 16.0 Å². The van der Waals surface area contributed by atoms with Gasteiger partial charge in [0.2, 0.25) is 5.91 Å². The summed E-state index contributed by atoms with van der Waals surface area (Å²) in [6, 6.07) is 5.40. The van der Waals surface area contributed by atoms with Crippen molar-refractivity contribution < 1.29 is 19.5 Å². The first-order valence-electron chi connectivity index (χ1n) is 9.04. The molecule has 0 radical (unpaired) electrons. The molecule has 26 heavy (non-hydrogen) atoms. The number of nitrogens with zero attached hydrogens (tertiary/aromatic N) is 1. The van der Waals surface area contributed by atoms with Crippen LogP contribution in [0.1, 0.15) is 49.8 Å². The lowest BCUT2D eigenvalue weighted by molar-refractivity contribution is -0.142. The van der Waals surface area contributed by atoms with Gasteiger partial charge in [0.05, 0.1) is 18.4 Å². The van der Waals surface area contributed by atoms with Crippen LogP contribution in [0.4, 0.5) is 10.5 Å². The Morgan fingerprint density at radius 1 is 1.23 bits per heavy atom. The number of benzene rings is 1. The van der Waals surface area contributed by atoms with E-state index in [0.29, 0.717) is 32.1 Å². The summed E-state index contributed by atoms with van der Waals surface area (Å²) in [5, 5.41) is 14.9. The second-order valence-corrected chi connectivity index (χ2v) is 7.24. The third kappa shape index (κ3) is 3.81. The van der Waals surface area contributed by atoms with E-state index in [1.807, 2.05) is 25.1 Å². The number of fused-ring (bicyclic) bond motifs is 1. The molecule has 3 rings (SSSR count). The Hall–Kier alpha value is -2.57. The van der Waals surface area contributed by atoms with Gasteiger partial charge in [-0.1, -0.05) is 12.1 Å². The van der Waals surface area contributed by atoms with E-state index in [2.05, 4.69) is 10.6 Å². The van der Waals surface area contributed by atoms with Gasteiger partial charge in [0.15, 0.2) is 0 Å². The fourth-order valence-electron chi connectivity index (χ4n) is 3.75. The summed E-state index contributed by atoms with van der Waals surface area (Å²) in [4.78, 5) is 36.7. The van der Waals surface area contributed by atoms with Crippen molar-refractivity contribution in [3.63, 3.8) is 0 Å². The van der Waals surface area contributed by atoms with E-state index < -0.39 is 5.97 Å². The van der Waals surface area contributed by atoms with Crippen LogP contribution in [0.25, 0.3) is 0 Å². The maximum absolute atomic E-state index is 12.2. The van der Waals surface area contributed by atoms with Crippen LogP contribution in [0.3, 0.4) is 0 Å². The Bertz CT molecular complexity index is 725. The lowest BCUT2D eigenvalue weighted by Crippen LogP contribution is -2.44. The molecule has 7 heteroatoms. The van der Waals surface area contributed by atoms with Crippen LogP contribution in [0.15, 0.2) is 18.2 Å². The summed E-state index contributed by atoms with van der Waals surface area (Å²) < 4.78 is 0. The van der Waals surface area contributed by atoms with Crippen molar-refractivity contribution in [3.05, 3.63) is 29.3 Å². The summed E-state index contributed by atoms with van der Waals surface area (Å²) in [5.74, 6) is -0.961. The third-order valence-corrected chi connectivity index (χ3v) is 5.44. The lowest BCUT2D eigenvalue weighted by Gasteiger charge is -2.27. The Kier molecular flexibility index (Phi) is 5.15. The first-order chi connectivity index (χ1) is 12.3. The number of rotatable bonds is 4. The van der Waals surface area contributed by atoms with Gasteiger partial charge >= 0.3 is 12.0 Å². The van der Waals surface area contributed by atoms with E-state index in [4.69, 9.17) is 5.11 Å². The Morgan fingerprint density at radius 3 is 2.58 bits per heavy atom. The highest BCUT2D eigenvalue weighted by atomic mass is 16.4. The van der Waals surface area contributed by atoms with Crippen molar-refractivity contribution in [1.29, 1.82) is 0 Å².